The van der Waals surface area contributed by atoms with E-state index in [0.717, 1.165) is 10.4 Å². The van der Waals surface area contributed by atoms with E-state index in [1.165, 1.54) is 26.3 Å². The number of sulfonamides is 1. The lowest BCUT2D eigenvalue weighted by Crippen LogP contribution is -2.27. The van der Waals surface area contributed by atoms with Gasteiger partial charge in [0.05, 0.1) is 28.3 Å². The molecule has 0 radical (unpaired) electrons. The zero-order valence-corrected chi connectivity index (χ0v) is 15.5. The predicted octanol–water partition coefficient (Wildman–Crippen LogP) is 2.85. The van der Waals surface area contributed by atoms with E-state index in [1.807, 2.05) is 0 Å². The third-order valence-corrected chi connectivity index (χ3v) is 5.61. The van der Waals surface area contributed by atoms with Crippen molar-refractivity contribution in [3.05, 3.63) is 53.1 Å². The van der Waals surface area contributed by atoms with Crippen LogP contribution in [0.4, 0.5) is 5.69 Å². The van der Waals surface area contributed by atoms with Gasteiger partial charge in [0.15, 0.2) is 6.61 Å². The summed E-state index contributed by atoms with van der Waals surface area (Å²) >= 11 is 5.95. The first-order valence-corrected chi connectivity index (χ1v) is 9.10. The fourth-order valence-corrected chi connectivity index (χ4v) is 3.60. The zero-order valence-electron chi connectivity index (χ0n) is 14.0. The second-order valence-corrected chi connectivity index (χ2v) is 7.40. The third kappa shape index (κ3) is 3.90. The maximum absolute atomic E-state index is 12.9. The van der Waals surface area contributed by atoms with Crippen LogP contribution in [0.2, 0.25) is 5.02 Å². The molecular weight excluding hydrogens is 380 g/mol. The molecule has 0 unspecified atom stereocenters. The van der Waals surface area contributed by atoms with E-state index >= 15 is 0 Å². The number of nitrogens with zero attached hydrogens (tertiary/aromatic N) is 2. The maximum Gasteiger partial charge on any atom is 0.340 e. The summed E-state index contributed by atoms with van der Waals surface area (Å²) in [6.07, 6.45) is 0. The van der Waals surface area contributed by atoms with Gasteiger partial charge in [-0.05, 0) is 30.3 Å². The van der Waals surface area contributed by atoms with Gasteiger partial charge in [-0.15, -0.1) is 0 Å². The number of carbonyl (C=O) groups excluding carboxylic acids is 1. The van der Waals surface area contributed by atoms with Crippen molar-refractivity contribution in [3.63, 3.8) is 0 Å². The summed E-state index contributed by atoms with van der Waals surface area (Å²) in [6, 6.07) is 12.0. The fourth-order valence-electron chi connectivity index (χ4n) is 2.17. The minimum absolute atomic E-state index is 0.0202. The number of esters is 1. The lowest BCUT2D eigenvalue weighted by molar-refractivity contribution is 0.0555. The normalized spacial score (nSPS) is 10.7. The Bertz CT molecular complexity index is 969. The minimum Gasteiger partial charge on any atom is -0.495 e. The molecule has 0 N–H and O–H groups in total. The van der Waals surface area contributed by atoms with Crippen LogP contribution in [-0.2, 0) is 14.8 Å². The number of benzene rings is 2. The van der Waals surface area contributed by atoms with Gasteiger partial charge in [0.2, 0.25) is 0 Å². The van der Waals surface area contributed by atoms with Gasteiger partial charge in [0.25, 0.3) is 10.0 Å². The number of hydrogen-bond acceptors (Lipinski definition) is 6. The van der Waals surface area contributed by atoms with Crippen molar-refractivity contribution in [3.8, 4) is 11.8 Å². The lowest BCUT2D eigenvalue weighted by atomic mass is 10.2. The topological polar surface area (TPSA) is 96.7 Å². The summed E-state index contributed by atoms with van der Waals surface area (Å²) < 4.78 is 36.8. The molecule has 0 bridgehead atoms. The van der Waals surface area contributed by atoms with Crippen LogP contribution in [0.15, 0.2) is 47.4 Å². The van der Waals surface area contributed by atoms with E-state index in [0.29, 0.717) is 11.4 Å². The quantitative estimate of drug-likeness (QED) is 0.699. The Balaban J connectivity index is 2.46. The number of carbonyl (C=O) groups is 1. The molecule has 0 spiro atoms. The number of methoxy groups -OCH3 is 1. The van der Waals surface area contributed by atoms with Crippen LogP contribution >= 0.6 is 11.6 Å². The molecule has 0 atom stereocenters. The van der Waals surface area contributed by atoms with E-state index < -0.39 is 22.6 Å². The van der Waals surface area contributed by atoms with Crippen molar-refractivity contribution in [2.45, 2.75) is 4.90 Å². The van der Waals surface area contributed by atoms with Gasteiger partial charge in [0, 0.05) is 7.05 Å². The third-order valence-electron chi connectivity index (χ3n) is 3.51. The molecule has 7 nitrogen and oxygen atoms in total. The number of nitriles is 1. The molecule has 26 heavy (non-hydrogen) atoms. The Hall–Kier alpha value is -2.76. The molecule has 0 aliphatic heterocycles. The summed E-state index contributed by atoms with van der Waals surface area (Å²) in [4.78, 5) is 11.8. The first kappa shape index (κ1) is 19.6. The summed E-state index contributed by atoms with van der Waals surface area (Å²) in [7, 11) is -1.19. The van der Waals surface area contributed by atoms with Crippen molar-refractivity contribution in [1.82, 2.24) is 0 Å². The molecule has 0 heterocycles. The maximum atomic E-state index is 12.9. The van der Waals surface area contributed by atoms with Gasteiger partial charge in [-0.3, -0.25) is 4.31 Å². The van der Waals surface area contributed by atoms with Crippen LogP contribution in [0.3, 0.4) is 0 Å². The van der Waals surface area contributed by atoms with Crippen molar-refractivity contribution in [2.75, 3.05) is 25.1 Å². The number of rotatable bonds is 6. The summed E-state index contributed by atoms with van der Waals surface area (Å²) in [5.74, 6) is -0.505. The molecule has 2 aromatic carbocycles. The highest BCUT2D eigenvalue weighted by molar-refractivity contribution is 7.92. The van der Waals surface area contributed by atoms with Crippen molar-refractivity contribution in [1.29, 1.82) is 5.26 Å². The van der Waals surface area contributed by atoms with Gasteiger partial charge in [-0.25, -0.2) is 13.2 Å². The van der Waals surface area contributed by atoms with Crippen molar-refractivity contribution in [2.24, 2.45) is 0 Å². The van der Waals surface area contributed by atoms with E-state index in [1.54, 1.807) is 30.3 Å². The SMILES string of the molecule is COc1ccccc1N(C)S(=O)(=O)c1ccc(Cl)c(C(=O)OCC#N)c1. The Morgan fingerprint density at radius 2 is 1.96 bits per heavy atom. The van der Waals surface area contributed by atoms with Gasteiger partial charge in [-0.2, -0.15) is 5.26 Å². The Morgan fingerprint density at radius 3 is 2.62 bits per heavy atom. The molecule has 0 amide bonds. The van der Waals surface area contributed by atoms with Gasteiger partial charge in [-0.1, -0.05) is 23.7 Å². The summed E-state index contributed by atoms with van der Waals surface area (Å²) in [6.45, 7) is -0.465. The number of ether oxygens (including phenoxy) is 2. The van der Waals surface area contributed by atoms with Crippen molar-refractivity contribution < 1.29 is 22.7 Å². The largest absolute Gasteiger partial charge is 0.495 e. The van der Waals surface area contributed by atoms with E-state index in [4.69, 9.17) is 26.3 Å². The number of anilines is 1. The van der Waals surface area contributed by atoms with Crippen LogP contribution < -0.4 is 9.04 Å². The highest BCUT2D eigenvalue weighted by atomic mass is 35.5. The number of halogens is 1. The van der Waals surface area contributed by atoms with Crippen LogP contribution in [0.25, 0.3) is 0 Å². The first-order chi connectivity index (χ1) is 12.3. The lowest BCUT2D eigenvalue weighted by Gasteiger charge is -2.22. The van der Waals surface area contributed by atoms with Crippen LogP contribution in [0.5, 0.6) is 5.75 Å². The molecule has 0 saturated carbocycles. The highest BCUT2D eigenvalue weighted by Gasteiger charge is 2.25. The standard InChI is InChI=1S/C17H15ClN2O5S/c1-20(15-5-3-4-6-16(15)24-2)26(22,23)12-7-8-14(18)13(11-12)17(21)25-10-9-19/h3-8,11H,10H2,1-2H3. The van der Waals surface area contributed by atoms with E-state index in [9.17, 15) is 13.2 Å². The molecule has 9 heteroatoms. The Labute approximate surface area is 156 Å². The van der Waals surface area contributed by atoms with Crippen molar-refractivity contribution >= 4 is 33.3 Å². The molecule has 0 saturated heterocycles. The molecule has 2 aromatic rings. The minimum atomic E-state index is -4.00. The average Bonchev–Trinajstić information content (AvgIpc) is 2.65. The highest BCUT2D eigenvalue weighted by Crippen LogP contribution is 2.32. The van der Waals surface area contributed by atoms with Gasteiger partial charge < -0.3 is 9.47 Å². The smallest absolute Gasteiger partial charge is 0.340 e. The van der Waals surface area contributed by atoms with E-state index in [-0.39, 0.29) is 15.5 Å². The average molecular weight is 395 g/mol. The van der Waals surface area contributed by atoms with Gasteiger partial charge >= 0.3 is 5.97 Å². The van der Waals surface area contributed by atoms with E-state index in [2.05, 4.69) is 0 Å². The van der Waals surface area contributed by atoms with Crippen LogP contribution in [0, 0.1) is 11.3 Å². The molecule has 0 aliphatic carbocycles. The Morgan fingerprint density at radius 1 is 1.27 bits per heavy atom. The second-order valence-electron chi connectivity index (χ2n) is 5.02. The van der Waals surface area contributed by atoms with Crippen LogP contribution in [0.1, 0.15) is 10.4 Å². The fraction of sp³-hybridized carbons (Fsp3) is 0.176. The molecule has 0 aromatic heterocycles. The molecule has 0 fully saturated rings. The molecular formula is C17H15ClN2O5S. The Kier molecular flexibility index (Phi) is 6.08. The molecule has 136 valence electrons. The number of para-hydroxylation sites is 2. The first-order valence-electron chi connectivity index (χ1n) is 7.28. The summed E-state index contributed by atoms with van der Waals surface area (Å²) in [5.41, 5.74) is 0.190. The molecule has 0 aliphatic rings. The number of hydrogen-bond donors (Lipinski definition) is 0. The van der Waals surface area contributed by atoms with Crippen LogP contribution in [-0.4, -0.2) is 35.2 Å². The summed E-state index contributed by atoms with van der Waals surface area (Å²) in [5, 5.41) is 8.51. The molecule has 2 rings (SSSR count). The monoisotopic (exact) mass is 394 g/mol. The zero-order chi connectivity index (χ0) is 19.3. The van der Waals surface area contributed by atoms with Gasteiger partial charge in [0.1, 0.15) is 11.8 Å². The second kappa shape index (κ2) is 8.08. The predicted molar refractivity (Wildman–Crippen MR) is 95.9 cm³/mol.